The van der Waals surface area contributed by atoms with Crippen LogP contribution in [0.15, 0.2) is 60.2 Å². The molecule has 0 bridgehead atoms. The van der Waals surface area contributed by atoms with Crippen LogP contribution in [-0.2, 0) is 29.6 Å². The summed E-state index contributed by atoms with van der Waals surface area (Å²) in [6.45, 7) is 0. The van der Waals surface area contributed by atoms with Crippen LogP contribution in [-0.4, -0.2) is 28.4 Å². The molecule has 0 saturated heterocycles. The maximum Gasteiger partial charge on any atom is 0.313 e. The number of rotatable bonds is 7. The van der Waals surface area contributed by atoms with E-state index >= 15 is 0 Å². The topological polar surface area (TPSA) is 114 Å². The van der Waals surface area contributed by atoms with Crippen molar-refractivity contribution in [1.82, 2.24) is 0 Å². The van der Waals surface area contributed by atoms with Crippen molar-refractivity contribution >= 4 is 15.9 Å². The summed E-state index contributed by atoms with van der Waals surface area (Å²) in [6.07, 6.45) is -2.39. The minimum Gasteiger partial charge on any atom is -0.493 e. The van der Waals surface area contributed by atoms with Gasteiger partial charge < -0.3 is 24.1 Å². The van der Waals surface area contributed by atoms with Gasteiger partial charge in [-0.1, -0.05) is 42.5 Å². The van der Waals surface area contributed by atoms with Gasteiger partial charge in [0, 0.05) is 5.56 Å². The van der Waals surface area contributed by atoms with E-state index in [0.717, 1.165) is 0 Å². The largest absolute Gasteiger partial charge is 0.493 e. The van der Waals surface area contributed by atoms with Crippen molar-refractivity contribution in [2.24, 2.45) is 5.73 Å². The van der Waals surface area contributed by atoms with E-state index in [4.69, 9.17) is 25.5 Å². The Labute approximate surface area is 164 Å². The molecule has 0 spiro atoms. The fraction of sp³-hybridized carbons (Fsp3) is 0.211. The van der Waals surface area contributed by atoms with E-state index < -0.39 is 39.4 Å². The number of hydrogen-bond donors (Lipinski definition) is 1. The van der Waals surface area contributed by atoms with Crippen molar-refractivity contribution in [3.63, 3.8) is 0 Å². The molecule has 9 heteroatoms. The average molecular weight is 406 g/mol. The van der Waals surface area contributed by atoms with Gasteiger partial charge in [0.15, 0.2) is 17.6 Å². The molecule has 1 atom stereocenters. The molecular formula is C19H19NO7S. The summed E-state index contributed by atoms with van der Waals surface area (Å²) in [5.74, 6) is -2.56. The normalized spacial score (nSPS) is 19.8. The van der Waals surface area contributed by atoms with Gasteiger partial charge in [-0.25, -0.2) is 0 Å². The monoisotopic (exact) mass is 406 g/mol. The Hall–Kier alpha value is -3.20. The Morgan fingerprint density at radius 3 is 2.46 bits per heavy atom. The second kappa shape index (κ2) is 7.81. The van der Waals surface area contributed by atoms with Gasteiger partial charge in [-0.05, 0) is 11.6 Å². The maximum atomic E-state index is 12.9. The molecule has 28 heavy (non-hydrogen) atoms. The molecule has 1 aliphatic rings. The zero-order chi connectivity index (χ0) is 21.2. The number of carbonyl (C=O) groups excluding carboxylic acids is 1. The smallest absolute Gasteiger partial charge is 0.313 e. The van der Waals surface area contributed by atoms with Crippen LogP contribution in [0, 0.1) is 0 Å². The van der Waals surface area contributed by atoms with Crippen LogP contribution >= 0.6 is 0 Å². The van der Waals surface area contributed by atoms with E-state index in [2.05, 4.69) is 0 Å². The van der Waals surface area contributed by atoms with Crippen LogP contribution in [0.1, 0.15) is 18.6 Å². The molecule has 0 saturated carbocycles. The molecule has 0 aromatic heterocycles. The van der Waals surface area contributed by atoms with Crippen LogP contribution < -0.4 is 15.2 Å². The molecular weight excluding hydrogens is 386 g/mol. The van der Waals surface area contributed by atoms with E-state index in [-0.39, 0.29) is 17.1 Å². The zero-order valence-corrected chi connectivity index (χ0v) is 16.0. The number of ketones is 1. The predicted molar refractivity (Wildman–Crippen MR) is 99.7 cm³/mol. The van der Waals surface area contributed by atoms with E-state index in [9.17, 15) is 13.2 Å². The lowest BCUT2D eigenvalue weighted by atomic mass is 10.0. The number of nitrogens with two attached hydrogens (primary N) is 1. The third kappa shape index (κ3) is 3.89. The standard InChI is InChI=1S/C19H19NO7S/c1-24-14-10-6-9-13(16(14)25-2)17-15(21)18(19(20)26-17)27-28(22,23)11-12-7-4-3-5-8-12/h3-10,17H,11,20H2,1-2H3/t17-/m1/s1/i17D. The first-order valence-electron chi connectivity index (χ1n) is 8.63. The quantitative estimate of drug-likeness (QED) is 0.695. The Morgan fingerprint density at radius 2 is 1.82 bits per heavy atom. The highest BCUT2D eigenvalue weighted by atomic mass is 32.2. The van der Waals surface area contributed by atoms with Gasteiger partial charge in [0.2, 0.25) is 17.4 Å². The van der Waals surface area contributed by atoms with E-state index in [0.29, 0.717) is 5.56 Å². The molecule has 0 unspecified atom stereocenters. The summed E-state index contributed by atoms with van der Waals surface area (Å²) in [5.41, 5.74) is 6.15. The van der Waals surface area contributed by atoms with Crippen molar-refractivity contribution in [1.29, 1.82) is 0 Å². The summed E-state index contributed by atoms with van der Waals surface area (Å²) in [7, 11) is -1.49. The fourth-order valence-electron chi connectivity index (χ4n) is 2.67. The number of methoxy groups -OCH3 is 2. The summed E-state index contributed by atoms with van der Waals surface area (Å²) < 4.78 is 53.9. The maximum absolute atomic E-state index is 12.9. The Bertz CT molecular complexity index is 1070. The lowest BCUT2D eigenvalue weighted by Gasteiger charge is -2.16. The van der Waals surface area contributed by atoms with Gasteiger partial charge >= 0.3 is 10.1 Å². The molecule has 0 amide bonds. The minimum atomic E-state index is -4.22. The second-order valence-electron chi connectivity index (χ2n) is 5.77. The summed E-state index contributed by atoms with van der Waals surface area (Å²) in [6, 6.07) is 12.8. The van der Waals surface area contributed by atoms with Gasteiger partial charge in [-0.2, -0.15) is 8.42 Å². The van der Waals surface area contributed by atoms with Crippen LogP contribution in [0.25, 0.3) is 0 Å². The number of ether oxygens (including phenoxy) is 3. The first-order chi connectivity index (χ1) is 13.7. The highest BCUT2D eigenvalue weighted by molar-refractivity contribution is 7.86. The molecule has 0 aliphatic carbocycles. The second-order valence-corrected chi connectivity index (χ2v) is 7.34. The highest BCUT2D eigenvalue weighted by Crippen LogP contribution is 2.41. The van der Waals surface area contributed by atoms with Crippen LogP contribution in [0.2, 0.25) is 0 Å². The number of benzene rings is 2. The van der Waals surface area contributed by atoms with Crippen LogP contribution in [0.5, 0.6) is 11.5 Å². The van der Waals surface area contributed by atoms with Gasteiger partial charge in [0.05, 0.1) is 15.6 Å². The van der Waals surface area contributed by atoms with Gasteiger partial charge in [-0.3, -0.25) is 4.79 Å². The molecule has 0 fully saturated rings. The van der Waals surface area contributed by atoms with Crippen molar-refractivity contribution in [2.75, 3.05) is 14.2 Å². The Kier molecular flexibility index (Phi) is 5.07. The number of Topliss-reactive ketones (excluding diaryl/α,β-unsaturated/α-hetero) is 1. The lowest BCUT2D eigenvalue weighted by molar-refractivity contribution is -0.123. The third-order valence-electron chi connectivity index (χ3n) is 3.89. The van der Waals surface area contributed by atoms with Gasteiger partial charge in [-0.15, -0.1) is 0 Å². The van der Waals surface area contributed by atoms with Crippen LogP contribution in [0.3, 0.4) is 0 Å². The van der Waals surface area contributed by atoms with Crippen molar-refractivity contribution in [2.45, 2.75) is 11.8 Å². The first kappa shape index (κ1) is 18.2. The first-order valence-corrected chi connectivity index (χ1v) is 9.70. The summed E-state index contributed by atoms with van der Waals surface area (Å²) >= 11 is 0. The predicted octanol–water partition coefficient (Wildman–Crippen LogP) is 2.02. The van der Waals surface area contributed by atoms with Crippen molar-refractivity contribution in [3.05, 3.63) is 71.3 Å². The number of hydrogen-bond acceptors (Lipinski definition) is 8. The molecule has 1 heterocycles. The van der Waals surface area contributed by atoms with Crippen molar-refractivity contribution < 1.29 is 33.0 Å². The average Bonchev–Trinajstić information content (AvgIpc) is 2.91. The molecule has 148 valence electrons. The molecule has 2 N–H and O–H groups in total. The molecule has 0 radical (unpaired) electrons. The third-order valence-corrected chi connectivity index (χ3v) is 5.00. The molecule has 2 aromatic rings. The van der Waals surface area contributed by atoms with E-state index in [1.807, 2.05) is 0 Å². The lowest BCUT2D eigenvalue weighted by Crippen LogP contribution is -2.16. The Balaban J connectivity index is 1.91. The van der Waals surface area contributed by atoms with E-state index in [1.165, 1.54) is 26.4 Å². The number of carbonyl (C=O) groups is 1. The Morgan fingerprint density at radius 1 is 1.11 bits per heavy atom. The zero-order valence-electron chi connectivity index (χ0n) is 16.2. The highest BCUT2D eigenvalue weighted by Gasteiger charge is 2.41. The van der Waals surface area contributed by atoms with Gasteiger partial charge in [0.25, 0.3) is 0 Å². The fourth-order valence-corrected chi connectivity index (χ4v) is 3.75. The summed E-state index contributed by atoms with van der Waals surface area (Å²) in [4.78, 5) is 12.9. The molecule has 3 rings (SSSR count). The van der Waals surface area contributed by atoms with Crippen molar-refractivity contribution in [3.8, 4) is 11.5 Å². The van der Waals surface area contributed by atoms with Gasteiger partial charge in [0.1, 0.15) is 5.75 Å². The minimum absolute atomic E-state index is 0.00800. The van der Waals surface area contributed by atoms with E-state index in [1.54, 1.807) is 36.4 Å². The number of para-hydroxylation sites is 1. The molecule has 1 aliphatic heterocycles. The SMILES string of the molecule is [2H][C@]1(c2cccc(OC)c2OC)OC(N)=C(OS(=O)(=O)Cc2ccccc2)C1=O. The summed E-state index contributed by atoms with van der Waals surface area (Å²) in [5, 5.41) is 0. The molecule has 2 aromatic carbocycles. The molecule has 8 nitrogen and oxygen atoms in total. The van der Waals surface area contributed by atoms with Crippen LogP contribution in [0.4, 0.5) is 0 Å².